The summed E-state index contributed by atoms with van der Waals surface area (Å²) < 4.78 is 37.8. The molecule has 0 radical (unpaired) electrons. The Hall–Kier alpha value is -1.57. The predicted octanol–water partition coefficient (Wildman–Crippen LogP) is 1.85. The lowest BCUT2D eigenvalue weighted by atomic mass is 10.2. The van der Waals surface area contributed by atoms with Crippen molar-refractivity contribution in [1.82, 2.24) is 9.97 Å². The average molecular weight is 292 g/mol. The summed E-state index contributed by atoms with van der Waals surface area (Å²) in [5.74, 6) is 0.600. The van der Waals surface area contributed by atoms with Crippen LogP contribution in [0.25, 0.3) is 0 Å². The monoisotopic (exact) mass is 292 g/mol. The van der Waals surface area contributed by atoms with E-state index < -0.39 is 19.3 Å². The van der Waals surface area contributed by atoms with Gasteiger partial charge in [-0.1, -0.05) is 13.8 Å². The topological polar surface area (TPSA) is 75.3 Å². The molecule has 1 aromatic heterocycles. The minimum Gasteiger partial charge on any atom is -0.395 e. The van der Waals surface area contributed by atoms with Gasteiger partial charge in [-0.15, -0.1) is 0 Å². The van der Waals surface area contributed by atoms with E-state index >= 15 is 0 Å². The molecule has 0 aliphatic heterocycles. The Labute approximate surface area is 115 Å². The molecule has 0 aliphatic rings. The van der Waals surface area contributed by atoms with Crippen molar-refractivity contribution in [3.63, 3.8) is 0 Å². The van der Waals surface area contributed by atoms with Crippen LogP contribution in [-0.2, 0) is 0 Å². The highest BCUT2D eigenvalue weighted by Gasteiger charge is 2.32. The molecule has 0 amide bonds. The molecule has 1 aromatic rings. The van der Waals surface area contributed by atoms with Crippen LogP contribution in [0.4, 0.5) is 24.8 Å². The fourth-order valence-corrected chi connectivity index (χ4v) is 1.70. The van der Waals surface area contributed by atoms with Crippen molar-refractivity contribution in [3.8, 4) is 0 Å². The van der Waals surface area contributed by atoms with Crippen molar-refractivity contribution in [3.05, 3.63) is 11.4 Å². The number of nitrogens with two attached hydrogens (primary N) is 1. The summed E-state index contributed by atoms with van der Waals surface area (Å²) in [6, 6.07) is 0. The second-order valence-electron chi connectivity index (χ2n) is 4.83. The number of alkyl halides is 3. The van der Waals surface area contributed by atoms with Gasteiger partial charge in [-0.05, 0) is 6.92 Å². The molecule has 0 atom stereocenters. The number of halogens is 3. The summed E-state index contributed by atoms with van der Waals surface area (Å²) in [7, 11) is 0. The van der Waals surface area contributed by atoms with E-state index in [1.165, 1.54) is 0 Å². The number of aliphatic hydroxyl groups excluding tert-OH is 1. The standard InChI is InChI=1S/C12H19F3N4O/c1-7(2)10-17-9(16)8(3)11(18-10)19(4-5-20)6-12(13,14)15/h7,20H,4-6H2,1-3H3,(H2,16,17,18). The fraction of sp³-hybridized carbons (Fsp3) is 0.667. The molecular weight excluding hydrogens is 273 g/mol. The number of aliphatic hydroxyl groups is 1. The van der Waals surface area contributed by atoms with Crippen molar-refractivity contribution in [2.45, 2.75) is 32.9 Å². The fourth-order valence-electron chi connectivity index (χ4n) is 1.70. The van der Waals surface area contributed by atoms with Crippen LogP contribution in [0.3, 0.4) is 0 Å². The van der Waals surface area contributed by atoms with E-state index in [2.05, 4.69) is 9.97 Å². The van der Waals surface area contributed by atoms with Gasteiger partial charge in [0.1, 0.15) is 24.0 Å². The van der Waals surface area contributed by atoms with Crippen LogP contribution in [0.15, 0.2) is 0 Å². The maximum atomic E-state index is 12.6. The molecule has 1 heterocycles. The number of anilines is 2. The molecule has 0 unspecified atom stereocenters. The van der Waals surface area contributed by atoms with Crippen LogP contribution in [0.5, 0.6) is 0 Å². The first-order chi connectivity index (χ1) is 9.15. The first kappa shape index (κ1) is 16.5. The highest BCUT2D eigenvalue weighted by atomic mass is 19.4. The Morgan fingerprint density at radius 3 is 2.35 bits per heavy atom. The number of aromatic nitrogens is 2. The second-order valence-corrected chi connectivity index (χ2v) is 4.83. The van der Waals surface area contributed by atoms with E-state index in [-0.39, 0.29) is 24.1 Å². The number of hydrogen-bond donors (Lipinski definition) is 2. The lowest BCUT2D eigenvalue weighted by molar-refractivity contribution is -0.120. The van der Waals surface area contributed by atoms with Crippen LogP contribution < -0.4 is 10.6 Å². The molecule has 0 aromatic carbocycles. The Kier molecular flexibility index (Phi) is 5.15. The number of nitrogen functional groups attached to an aromatic ring is 1. The van der Waals surface area contributed by atoms with Crippen molar-refractivity contribution >= 4 is 11.6 Å². The molecular formula is C12H19F3N4O. The van der Waals surface area contributed by atoms with Gasteiger partial charge in [0.2, 0.25) is 0 Å². The van der Waals surface area contributed by atoms with E-state index in [0.29, 0.717) is 11.4 Å². The van der Waals surface area contributed by atoms with Gasteiger partial charge in [0.15, 0.2) is 0 Å². The summed E-state index contributed by atoms with van der Waals surface area (Å²) in [5.41, 5.74) is 6.12. The molecule has 114 valence electrons. The van der Waals surface area contributed by atoms with Crippen LogP contribution in [0.2, 0.25) is 0 Å². The van der Waals surface area contributed by atoms with Gasteiger partial charge in [-0.2, -0.15) is 13.2 Å². The van der Waals surface area contributed by atoms with Crippen molar-refractivity contribution in [2.75, 3.05) is 30.3 Å². The molecule has 0 saturated heterocycles. The number of hydrogen-bond acceptors (Lipinski definition) is 5. The molecule has 0 fully saturated rings. The third-order valence-electron chi connectivity index (χ3n) is 2.73. The quantitative estimate of drug-likeness (QED) is 0.866. The van der Waals surface area contributed by atoms with E-state index in [4.69, 9.17) is 10.8 Å². The molecule has 5 nitrogen and oxygen atoms in total. The van der Waals surface area contributed by atoms with Gasteiger partial charge in [-0.3, -0.25) is 0 Å². The number of nitrogens with zero attached hydrogens (tertiary/aromatic N) is 3. The summed E-state index contributed by atoms with van der Waals surface area (Å²) in [4.78, 5) is 9.20. The van der Waals surface area contributed by atoms with E-state index in [1.807, 2.05) is 13.8 Å². The number of rotatable bonds is 5. The molecule has 0 bridgehead atoms. The largest absolute Gasteiger partial charge is 0.405 e. The summed E-state index contributed by atoms with van der Waals surface area (Å²) in [6.07, 6.45) is -4.39. The highest BCUT2D eigenvalue weighted by molar-refractivity contribution is 5.56. The zero-order chi connectivity index (χ0) is 15.5. The zero-order valence-electron chi connectivity index (χ0n) is 11.7. The minimum atomic E-state index is -4.39. The smallest absolute Gasteiger partial charge is 0.395 e. The van der Waals surface area contributed by atoms with Crippen molar-refractivity contribution < 1.29 is 18.3 Å². The Morgan fingerprint density at radius 1 is 1.30 bits per heavy atom. The summed E-state index contributed by atoms with van der Waals surface area (Å²) in [6.45, 7) is 3.45. The summed E-state index contributed by atoms with van der Waals surface area (Å²) in [5, 5.41) is 8.95. The molecule has 8 heteroatoms. The lowest BCUT2D eigenvalue weighted by Crippen LogP contribution is -2.37. The van der Waals surface area contributed by atoms with E-state index in [1.54, 1.807) is 6.92 Å². The first-order valence-electron chi connectivity index (χ1n) is 6.22. The van der Waals surface area contributed by atoms with E-state index in [0.717, 1.165) is 4.90 Å². The van der Waals surface area contributed by atoms with Crippen LogP contribution in [0, 0.1) is 6.92 Å². The van der Waals surface area contributed by atoms with Gasteiger partial charge in [0.05, 0.1) is 6.61 Å². The Morgan fingerprint density at radius 2 is 1.90 bits per heavy atom. The van der Waals surface area contributed by atoms with Crippen LogP contribution >= 0.6 is 0 Å². The minimum absolute atomic E-state index is 0.0569. The van der Waals surface area contributed by atoms with E-state index in [9.17, 15) is 13.2 Å². The van der Waals surface area contributed by atoms with Crippen LogP contribution in [-0.4, -0.2) is 40.9 Å². The summed E-state index contributed by atoms with van der Waals surface area (Å²) >= 11 is 0. The molecule has 20 heavy (non-hydrogen) atoms. The third kappa shape index (κ3) is 4.22. The Bertz CT molecular complexity index is 463. The van der Waals surface area contributed by atoms with Gasteiger partial charge >= 0.3 is 6.18 Å². The average Bonchev–Trinajstić information content (AvgIpc) is 2.30. The maximum Gasteiger partial charge on any atom is 0.405 e. The molecule has 0 spiro atoms. The molecule has 0 saturated carbocycles. The van der Waals surface area contributed by atoms with Crippen molar-refractivity contribution in [1.29, 1.82) is 0 Å². The lowest BCUT2D eigenvalue weighted by Gasteiger charge is -2.26. The third-order valence-corrected chi connectivity index (χ3v) is 2.73. The molecule has 0 aliphatic carbocycles. The first-order valence-corrected chi connectivity index (χ1v) is 6.22. The van der Waals surface area contributed by atoms with Gasteiger partial charge in [0, 0.05) is 18.0 Å². The van der Waals surface area contributed by atoms with Crippen molar-refractivity contribution in [2.24, 2.45) is 0 Å². The second kappa shape index (κ2) is 6.25. The zero-order valence-corrected chi connectivity index (χ0v) is 11.7. The van der Waals surface area contributed by atoms with Gasteiger partial charge < -0.3 is 15.7 Å². The normalized spacial score (nSPS) is 12.0. The predicted molar refractivity (Wildman–Crippen MR) is 70.6 cm³/mol. The highest BCUT2D eigenvalue weighted by Crippen LogP contribution is 2.27. The SMILES string of the molecule is Cc1c(N)nc(C(C)C)nc1N(CCO)CC(F)(F)F. The molecule has 1 rings (SSSR count). The van der Waals surface area contributed by atoms with Gasteiger partial charge in [0.25, 0.3) is 0 Å². The molecule has 3 N–H and O–H groups in total. The van der Waals surface area contributed by atoms with Gasteiger partial charge in [-0.25, -0.2) is 9.97 Å². The maximum absolute atomic E-state index is 12.6. The Balaban J connectivity index is 3.24. The van der Waals surface area contributed by atoms with Crippen LogP contribution in [0.1, 0.15) is 31.2 Å².